The first kappa shape index (κ1) is 12.2. The molecule has 0 unspecified atom stereocenters. The first-order chi connectivity index (χ1) is 8.00. The van der Waals surface area contributed by atoms with Crippen LogP contribution in [0.5, 0.6) is 0 Å². The second-order valence-electron chi connectivity index (χ2n) is 3.75. The zero-order valence-corrected chi connectivity index (χ0v) is 10.4. The van der Waals surface area contributed by atoms with Gasteiger partial charge in [0.1, 0.15) is 5.21 Å². The van der Waals surface area contributed by atoms with Crippen molar-refractivity contribution in [1.82, 2.24) is 0 Å². The normalized spacial score (nSPS) is 15.0. The van der Waals surface area contributed by atoms with Crippen LogP contribution in [0.4, 0.5) is 11.4 Å². The summed E-state index contributed by atoms with van der Waals surface area (Å²) in [6.07, 6.45) is 1.02. The van der Waals surface area contributed by atoms with Crippen LogP contribution < -0.4 is 10.0 Å². The van der Waals surface area contributed by atoms with Gasteiger partial charge in [-0.25, -0.2) is 8.42 Å². The van der Waals surface area contributed by atoms with E-state index < -0.39 is 15.2 Å². The minimum atomic E-state index is -3.48. The van der Waals surface area contributed by atoms with Crippen molar-refractivity contribution >= 4 is 38.9 Å². The van der Waals surface area contributed by atoms with Crippen molar-refractivity contribution in [1.29, 1.82) is 0 Å². The maximum absolute atomic E-state index is 11.3. The van der Waals surface area contributed by atoms with Crippen LogP contribution in [0.1, 0.15) is 12.0 Å². The topological polar surface area (TPSA) is 75.3 Å². The number of carbonyl (C=O) groups excluding carboxylic acids is 1. The number of fused-ring (bicyclic) bond motifs is 1. The van der Waals surface area contributed by atoms with Gasteiger partial charge in [-0.3, -0.25) is 9.52 Å². The molecule has 1 heterocycles. The minimum Gasteiger partial charge on any atom is -0.326 e. The fraction of sp³-hybridized carbons (Fsp3) is 0.300. The van der Waals surface area contributed by atoms with Crippen LogP contribution in [0.25, 0.3) is 0 Å². The first-order valence-electron chi connectivity index (χ1n) is 4.99. The Balaban J connectivity index is 2.26. The molecule has 7 heteroatoms. The molecule has 5 nitrogen and oxygen atoms in total. The summed E-state index contributed by atoms with van der Waals surface area (Å²) >= 11 is 5.30. The average Bonchev–Trinajstić information content (AvgIpc) is 2.29. The number of anilines is 2. The van der Waals surface area contributed by atoms with E-state index in [1.54, 1.807) is 18.2 Å². The van der Waals surface area contributed by atoms with Crippen molar-refractivity contribution in [2.24, 2.45) is 0 Å². The zero-order chi connectivity index (χ0) is 12.5. The average molecular weight is 275 g/mol. The minimum absolute atomic E-state index is 0.0217. The molecule has 0 aromatic heterocycles. The van der Waals surface area contributed by atoms with Gasteiger partial charge < -0.3 is 5.32 Å². The van der Waals surface area contributed by atoms with Crippen LogP contribution >= 0.6 is 11.6 Å². The van der Waals surface area contributed by atoms with Crippen molar-refractivity contribution in [3.05, 3.63) is 23.8 Å². The van der Waals surface area contributed by atoms with Crippen LogP contribution in [-0.2, 0) is 21.2 Å². The molecule has 0 saturated heterocycles. The number of amides is 1. The number of aryl methyl sites for hydroxylation is 1. The first-order valence-corrected chi connectivity index (χ1v) is 7.18. The van der Waals surface area contributed by atoms with E-state index in [1.165, 1.54) is 0 Å². The highest BCUT2D eigenvalue weighted by atomic mass is 35.5. The Bertz CT molecular complexity index is 557. The second kappa shape index (κ2) is 4.54. The van der Waals surface area contributed by atoms with E-state index in [4.69, 9.17) is 11.6 Å². The summed E-state index contributed by atoms with van der Waals surface area (Å²) in [5, 5.41) is 2.24. The van der Waals surface area contributed by atoms with Crippen molar-refractivity contribution < 1.29 is 13.2 Å². The fourth-order valence-corrected chi connectivity index (χ4v) is 2.36. The summed E-state index contributed by atoms with van der Waals surface area (Å²) in [5.41, 5.74) is 2.11. The number of alkyl halides is 1. The summed E-state index contributed by atoms with van der Waals surface area (Å²) < 4.78 is 24.9. The van der Waals surface area contributed by atoms with Crippen LogP contribution in [-0.4, -0.2) is 19.5 Å². The molecule has 2 N–H and O–H groups in total. The highest BCUT2D eigenvalue weighted by Gasteiger charge is 2.16. The Morgan fingerprint density at radius 3 is 2.82 bits per heavy atom. The number of hydrogen-bond donors (Lipinski definition) is 2. The Morgan fingerprint density at radius 1 is 1.35 bits per heavy atom. The predicted octanol–water partition coefficient (Wildman–Crippen LogP) is 1.51. The van der Waals surface area contributed by atoms with E-state index >= 15 is 0 Å². The molecule has 0 atom stereocenters. The van der Waals surface area contributed by atoms with Gasteiger partial charge in [-0.1, -0.05) is 0 Å². The number of benzene rings is 1. The quantitative estimate of drug-likeness (QED) is 0.821. The smallest absolute Gasteiger partial charge is 0.246 e. The number of carbonyl (C=O) groups is 1. The summed E-state index contributed by atoms with van der Waals surface area (Å²) in [5.74, 6) is -0.0217. The van der Waals surface area contributed by atoms with Crippen molar-refractivity contribution in [2.75, 3.05) is 15.3 Å². The second-order valence-corrected chi connectivity index (χ2v) is 6.05. The Morgan fingerprint density at radius 2 is 2.12 bits per heavy atom. The van der Waals surface area contributed by atoms with Crippen molar-refractivity contribution in [3.63, 3.8) is 0 Å². The summed E-state index contributed by atoms with van der Waals surface area (Å²) in [7, 11) is -3.48. The Kier molecular flexibility index (Phi) is 3.26. The molecule has 1 aliphatic heterocycles. The van der Waals surface area contributed by atoms with Gasteiger partial charge in [0.25, 0.3) is 0 Å². The third-order valence-corrected chi connectivity index (χ3v) is 4.11. The van der Waals surface area contributed by atoms with Gasteiger partial charge in [0.15, 0.2) is 0 Å². The molecule has 1 amide bonds. The van der Waals surface area contributed by atoms with E-state index in [9.17, 15) is 13.2 Å². The molecule has 0 bridgehead atoms. The van der Waals surface area contributed by atoms with E-state index in [0.29, 0.717) is 18.5 Å². The standard InChI is InChI=1S/C10H11ClN2O3S/c11-6-17(15,16)13-8-2-3-9-7(5-8)1-4-10(14)12-9/h2-3,5,13H,1,4,6H2,(H,12,14). The molecule has 0 aliphatic carbocycles. The monoisotopic (exact) mass is 274 g/mol. The summed E-state index contributed by atoms with van der Waals surface area (Å²) in [4.78, 5) is 11.1. The molecule has 2 rings (SSSR count). The maximum atomic E-state index is 11.3. The third-order valence-electron chi connectivity index (χ3n) is 2.42. The lowest BCUT2D eigenvalue weighted by molar-refractivity contribution is -0.116. The lowest BCUT2D eigenvalue weighted by Gasteiger charge is -2.17. The largest absolute Gasteiger partial charge is 0.326 e. The van der Waals surface area contributed by atoms with Gasteiger partial charge in [0.2, 0.25) is 15.9 Å². The van der Waals surface area contributed by atoms with Gasteiger partial charge in [0.05, 0.1) is 0 Å². The highest BCUT2D eigenvalue weighted by Crippen LogP contribution is 2.26. The summed E-state index contributed by atoms with van der Waals surface area (Å²) in [6.45, 7) is 0. The SMILES string of the molecule is O=C1CCc2cc(NS(=O)(=O)CCl)ccc2N1. The molecule has 1 aromatic carbocycles. The maximum Gasteiger partial charge on any atom is 0.246 e. The summed E-state index contributed by atoms with van der Waals surface area (Å²) in [6, 6.07) is 4.98. The van der Waals surface area contributed by atoms with Gasteiger partial charge in [-0.05, 0) is 30.2 Å². The molecule has 92 valence electrons. The lowest BCUT2D eigenvalue weighted by atomic mass is 10.0. The van der Waals surface area contributed by atoms with Gasteiger partial charge in [0, 0.05) is 17.8 Å². The lowest BCUT2D eigenvalue weighted by Crippen LogP contribution is -2.19. The van der Waals surface area contributed by atoms with E-state index in [-0.39, 0.29) is 5.91 Å². The number of halogens is 1. The van der Waals surface area contributed by atoms with Crippen LogP contribution in [0.3, 0.4) is 0 Å². The van der Waals surface area contributed by atoms with Crippen LogP contribution in [0.2, 0.25) is 0 Å². The predicted molar refractivity (Wildman–Crippen MR) is 66.7 cm³/mol. The molecule has 0 saturated carbocycles. The number of nitrogens with one attached hydrogen (secondary N) is 2. The molecule has 0 spiro atoms. The Hall–Kier alpha value is -1.27. The molecular formula is C10H11ClN2O3S. The number of rotatable bonds is 3. The molecular weight excluding hydrogens is 264 g/mol. The van der Waals surface area contributed by atoms with Gasteiger partial charge in [-0.15, -0.1) is 11.6 Å². The van der Waals surface area contributed by atoms with Gasteiger partial charge in [-0.2, -0.15) is 0 Å². The van der Waals surface area contributed by atoms with Crippen LogP contribution in [0.15, 0.2) is 18.2 Å². The fourth-order valence-electron chi connectivity index (χ4n) is 1.65. The molecule has 17 heavy (non-hydrogen) atoms. The third kappa shape index (κ3) is 2.89. The molecule has 1 aromatic rings. The zero-order valence-electron chi connectivity index (χ0n) is 8.86. The number of sulfonamides is 1. The highest BCUT2D eigenvalue weighted by molar-refractivity contribution is 7.93. The molecule has 0 fully saturated rings. The van der Waals surface area contributed by atoms with Crippen molar-refractivity contribution in [3.8, 4) is 0 Å². The molecule has 0 radical (unpaired) electrons. The van der Waals surface area contributed by atoms with Crippen molar-refractivity contribution in [2.45, 2.75) is 12.8 Å². The van der Waals surface area contributed by atoms with E-state index in [0.717, 1.165) is 11.3 Å². The van der Waals surface area contributed by atoms with Gasteiger partial charge >= 0.3 is 0 Å². The van der Waals surface area contributed by atoms with E-state index in [2.05, 4.69) is 10.0 Å². The Labute approximate surface area is 104 Å². The molecule has 1 aliphatic rings. The van der Waals surface area contributed by atoms with Crippen LogP contribution in [0, 0.1) is 0 Å². The van der Waals surface area contributed by atoms with E-state index in [1.807, 2.05) is 0 Å². The number of hydrogen-bond acceptors (Lipinski definition) is 3.